The molecule has 0 bridgehead atoms. The molecule has 2 heterocycles. The molecule has 78 valence electrons. The molecule has 0 aliphatic heterocycles. The van der Waals surface area contributed by atoms with E-state index in [-0.39, 0.29) is 11.1 Å². The first-order valence-corrected chi connectivity index (χ1v) is 4.30. The topological polar surface area (TPSA) is 88.0 Å². The van der Waals surface area contributed by atoms with Crippen LogP contribution in [0.5, 0.6) is 0 Å². The summed E-state index contributed by atoms with van der Waals surface area (Å²) in [7, 11) is 1.61. The third-order valence-corrected chi connectivity index (χ3v) is 2.28. The van der Waals surface area contributed by atoms with Crippen LogP contribution in [0.1, 0.15) is 16.1 Å². The number of aryl methyl sites for hydroxylation is 2. The fourth-order valence-corrected chi connectivity index (χ4v) is 1.68. The highest BCUT2D eigenvalue weighted by Crippen LogP contribution is 2.16. The molecule has 0 saturated carbocycles. The average Bonchev–Trinajstić information content (AvgIpc) is 2.43. The molecule has 2 N–H and O–H groups in total. The molecule has 6 nitrogen and oxygen atoms in total. The number of nitrogens with zero attached hydrogens (tertiary/aromatic N) is 2. The molecule has 0 spiro atoms. The van der Waals surface area contributed by atoms with Crippen LogP contribution >= 0.6 is 0 Å². The number of hydrogen-bond donors (Lipinski definition) is 2. The van der Waals surface area contributed by atoms with Crippen molar-refractivity contribution in [3.8, 4) is 0 Å². The molecular weight excluding hydrogens is 198 g/mol. The first-order valence-electron chi connectivity index (χ1n) is 4.30. The lowest BCUT2D eigenvalue weighted by Gasteiger charge is -1.98. The average molecular weight is 207 g/mol. The van der Waals surface area contributed by atoms with Crippen LogP contribution in [0, 0.1) is 6.92 Å². The van der Waals surface area contributed by atoms with Crippen molar-refractivity contribution in [3.05, 3.63) is 27.8 Å². The molecule has 0 aromatic carbocycles. The molecule has 2 rings (SSSR count). The van der Waals surface area contributed by atoms with Gasteiger partial charge in [0.05, 0.1) is 16.6 Å². The van der Waals surface area contributed by atoms with E-state index in [0.717, 1.165) is 0 Å². The Labute approximate surface area is 84.2 Å². The van der Waals surface area contributed by atoms with Gasteiger partial charge >= 0.3 is 5.97 Å². The van der Waals surface area contributed by atoms with Gasteiger partial charge in [-0.25, -0.2) is 4.79 Å². The number of nitrogens with one attached hydrogen (secondary N) is 1. The van der Waals surface area contributed by atoms with Gasteiger partial charge in [0.15, 0.2) is 0 Å². The van der Waals surface area contributed by atoms with Gasteiger partial charge in [-0.3, -0.25) is 9.48 Å². The lowest BCUT2D eigenvalue weighted by atomic mass is 10.2. The summed E-state index contributed by atoms with van der Waals surface area (Å²) in [4.78, 5) is 24.8. The van der Waals surface area contributed by atoms with E-state index in [2.05, 4.69) is 10.1 Å². The maximum absolute atomic E-state index is 11.5. The molecule has 15 heavy (non-hydrogen) atoms. The number of aromatic nitrogens is 3. The van der Waals surface area contributed by atoms with Gasteiger partial charge < -0.3 is 10.1 Å². The van der Waals surface area contributed by atoms with Gasteiger partial charge in [0.25, 0.3) is 5.56 Å². The van der Waals surface area contributed by atoms with E-state index in [0.29, 0.717) is 16.6 Å². The summed E-state index contributed by atoms with van der Waals surface area (Å²) in [6, 6.07) is 0. The Balaban J connectivity index is 3.05. The van der Waals surface area contributed by atoms with Gasteiger partial charge in [0.2, 0.25) is 0 Å². The van der Waals surface area contributed by atoms with Crippen molar-refractivity contribution in [1.82, 2.24) is 14.8 Å². The SMILES string of the molecule is Cc1nn(C)c2c(C(=O)O)c[nH]c(=O)c12. The lowest BCUT2D eigenvalue weighted by Crippen LogP contribution is -2.11. The molecule has 2 aromatic heterocycles. The highest BCUT2D eigenvalue weighted by atomic mass is 16.4. The molecular formula is C9H9N3O3. The summed E-state index contributed by atoms with van der Waals surface area (Å²) in [5.74, 6) is -1.08. The van der Waals surface area contributed by atoms with Crippen molar-refractivity contribution >= 4 is 16.9 Å². The van der Waals surface area contributed by atoms with E-state index in [9.17, 15) is 9.59 Å². The first kappa shape index (κ1) is 9.45. The van der Waals surface area contributed by atoms with Crippen molar-refractivity contribution < 1.29 is 9.90 Å². The number of fused-ring (bicyclic) bond motifs is 1. The molecule has 2 aromatic rings. The third-order valence-electron chi connectivity index (χ3n) is 2.28. The number of carboxylic acids is 1. The van der Waals surface area contributed by atoms with Crippen LogP contribution in [-0.4, -0.2) is 25.8 Å². The molecule has 0 unspecified atom stereocenters. The molecule has 0 aliphatic carbocycles. The Hall–Kier alpha value is -2.11. The number of aromatic carboxylic acids is 1. The van der Waals surface area contributed by atoms with Crippen LogP contribution in [0.25, 0.3) is 10.9 Å². The maximum Gasteiger partial charge on any atom is 0.339 e. The smallest absolute Gasteiger partial charge is 0.339 e. The van der Waals surface area contributed by atoms with Crippen molar-refractivity contribution in [1.29, 1.82) is 0 Å². The maximum atomic E-state index is 11.5. The standard InChI is InChI=1S/C9H9N3O3/c1-4-6-7(12(2)11-4)5(9(14)15)3-10-8(6)13/h3H,1-2H3,(H,10,13)(H,14,15). The van der Waals surface area contributed by atoms with Gasteiger partial charge in [-0.2, -0.15) is 5.10 Å². The zero-order valence-corrected chi connectivity index (χ0v) is 8.24. The van der Waals surface area contributed by atoms with E-state index < -0.39 is 5.97 Å². The highest BCUT2D eigenvalue weighted by Gasteiger charge is 2.16. The number of carbonyl (C=O) groups is 1. The minimum Gasteiger partial charge on any atom is -0.478 e. The van der Waals surface area contributed by atoms with Crippen LogP contribution in [0.3, 0.4) is 0 Å². The Bertz CT molecular complexity index is 609. The van der Waals surface area contributed by atoms with Gasteiger partial charge in [-0.05, 0) is 6.92 Å². The van der Waals surface area contributed by atoms with Crippen molar-refractivity contribution in [2.45, 2.75) is 6.92 Å². The van der Waals surface area contributed by atoms with Crippen molar-refractivity contribution in [2.75, 3.05) is 0 Å². The van der Waals surface area contributed by atoms with Gasteiger partial charge in [0, 0.05) is 13.2 Å². The summed E-state index contributed by atoms with van der Waals surface area (Å²) in [5.41, 5.74) is 0.605. The van der Waals surface area contributed by atoms with Crippen LogP contribution < -0.4 is 5.56 Å². The summed E-state index contributed by atoms with van der Waals surface area (Å²) in [5, 5.41) is 13.3. The minimum atomic E-state index is -1.08. The lowest BCUT2D eigenvalue weighted by molar-refractivity contribution is 0.0698. The number of rotatable bonds is 1. The molecule has 0 saturated heterocycles. The van der Waals surface area contributed by atoms with E-state index in [1.54, 1.807) is 14.0 Å². The van der Waals surface area contributed by atoms with E-state index in [4.69, 9.17) is 5.11 Å². The molecule has 0 amide bonds. The Morgan fingerprint density at radius 3 is 2.87 bits per heavy atom. The fraction of sp³-hybridized carbons (Fsp3) is 0.222. The first-order chi connectivity index (χ1) is 7.02. The quantitative estimate of drug-likeness (QED) is 0.702. The van der Waals surface area contributed by atoms with Crippen molar-refractivity contribution in [2.24, 2.45) is 7.05 Å². The zero-order chi connectivity index (χ0) is 11.2. The predicted octanol–water partition coefficient (Wildman–Crippen LogP) is 0.268. The van der Waals surface area contributed by atoms with Gasteiger partial charge in [-0.1, -0.05) is 0 Å². The zero-order valence-electron chi connectivity index (χ0n) is 8.24. The normalized spacial score (nSPS) is 10.8. The summed E-state index contributed by atoms with van der Waals surface area (Å²) in [6.07, 6.45) is 1.19. The molecule has 6 heteroatoms. The Morgan fingerprint density at radius 1 is 1.60 bits per heavy atom. The van der Waals surface area contributed by atoms with Gasteiger partial charge in [-0.15, -0.1) is 0 Å². The van der Waals surface area contributed by atoms with Crippen molar-refractivity contribution in [3.63, 3.8) is 0 Å². The van der Waals surface area contributed by atoms with Crippen LogP contribution in [0.15, 0.2) is 11.0 Å². The van der Waals surface area contributed by atoms with Crippen LogP contribution in [-0.2, 0) is 7.05 Å². The third kappa shape index (κ3) is 1.22. The fourth-order valence-electron chi connectivity index (χ4n) is 1.68. The number of hydrogen-bond acceptors (Lipinski definition) is 3. The minimum absolute atomic E-state index is 0.0488. The van der Waals surface area contributed by atoms with Crippen LogP contribution in [0.2, 0.25) is 0 Å². The summed E-state index contributed by atoms with van der Waals surface area (Å²) >= 11 is 0. The second-order valence-corrected chi connectivity index (χ2v) is 3.27. The van der Waals surface area contributed by atoms with E-state index in [1.165, 1.54) is 10.9 Å². The number of aromatic amines is 1. The van der Waals surface area contributed by atoms with Gasteiger partial charge in [0.1, 0.15) is 5.56 Å². The number of H-pyrrole nitrogens is 1. The predicted molar refractivity (Wildman–Crippen MR) is 53.0 cm³/mol. The second kappa shape index (κ2) is 2.94. The second-order valence-electron chi connectivity index (χ2n) is 3.27. The monoisotopic (exact) mass is 207 g/mol. The molecule has 0 atom stereocenters. The number of pyridine rings is 1. The van der Waals surface area contributed by atoms with E-state index >= 15 is 0 Å². The summed E-state index contributed by atoms with van der Waals surface area (Å²) in [6.45, 7) is 1.67. The summed E-state index contributed by atoms with van der Waals surface area (Å²) < 4.78 is 1.41. The largest absolute Gasteiger partial charge is 0.478 e. The Kier molecular flexibility index (Phi) is 1.85. The highest BCUT2D eigenvalue weighted by molar-refractivity contribution is 6.01. The van der Waals surface area contributed by atoms with Crippen LogP contribution in [0.4, 0.5) is 0 Å². The Morgan fingerprint density at radius 2 is 2.27 bits per heavy atom. The molecule has 0 radical (unpaired) electrons. The van der Waals surface area contributed by atoms with E-state index in [1.807, 2.05) is 0 Å². The molecule has 0 fully saturated rings. The number of carboxylic acid groups (broad SMARTS) is 1. The molecule has 0 aliphatic rings.